The Balaban J connectivity index is 3.05. The van der Waals surface area contributed by atoms with Gasteiger partial charge in [0.25, 0.3) is 11.6 Å². The van der Waals surface area contributed by atoms with Crippen LogP contribution in [0.5, 0.6) is 0 Å². The Morgan fingerprint density at radius 2 is 2.38 bits per heavy atom. The van der Waals surface area contributed by atoms with E-state index < -0.39 is 4.92 Å². The number of amides is 1. The first kappa shape index (κ1) is 9.18. The summed E-state index contributed by atoms with van der Waals surface area (Å²) in [6, 6.07) is 6.41. The number of nitro benzene ring substituents is 1. The summed E-state index contributed by atoms with van der Waals surface area (Å²) in [6.07, 6.45) is 0. The first-order valence-electron chi connectivity index (χ1n) is 3.53. The molecule has 1 aromatic carbocycles. The van der Waals surface area contributed by atoms with E-state index in [9.17, 15) is 14.9 Å². The second-order valence-corrected chi connectivity index (χ2v) is 2.30. The summed E-state index contributed by atoms with van der Waals surface area (Å²) in [6.45, 7) is 0. The Morgan fingerprint density at radius 1 is 1.69 bits per heavy atom. The highest BCUT2D eigenvalue weighted by Gasteiger charge is 2.09. The van der Waals surface area contributed by atoms with E-state index in [4.69, 9.17) is 0 Å². The molecule has 1 aromatic rings. The molecular weight excluding hydrogens is 172 g/mol. The van der Waals surface area contributed by atoms with E-state index in [0.29, 0.717) is 0 Å². The third-order valence-corrected chi connectivity index (χ3v) is 1.47. The predicted octanol–water partition coefficient (Wildman–Crippen LogP) is 0.755. The first-order chi connectivity index (χ1) is 6.15. The number of carbonyl (C=O) groups excluding carboxylic acids is 1. The molecule has 0 fully saturated rings. The lowest BCUT2D eigenvalue weighted by Crippen LogP contribution is -2.17. The quantitative estimate of drug-likeness (QED) is 0.538. The molecule has 0 aliphatic heterocycles. The lowest BCUT2D eigenvalue weighted by molar-refractivity contribution is -0.384. The molecule has 0 aliphatic carbocycles. The lowest BCUT2D eigenvalue weighted by atomic mass is 10.2. The highest BCUT2D eigenvalue weighted by molar-refractivity contribution is 5.94. The van der Waals surface area contributed by atoms with Crippen molar-refractivity contribution in [1.29, 1.82) is 0 Å². The van der Waals surface area contributed by atoms with Gasteiger partial charge in [-0.25, -0.2) is 0 Å². The van der Waals surface area contributed by atoms with E-state index in [-0.39, 0.29) is 17.2 Å². The zero-order valence-electron chi connectivity index (χ0n) is 6.90. The molecule has 1 amide bonds. The van der Waals surface area contributed by atoms with E-state index in [2.05, 4.69) is 11.4 Å². The van der Waals surface area contributed by atoms with Crippen molar-refractivity contribution >= 4 is 11.6 Å². The number of rotatable bonds is 2. The predicted molar refractivity (Wildman–Crippen MR) is 45.3 cm³/mol. The summed E-state index contributed by atoms with van der Waals surface area (Å²) in [5.74, 6) is -0.385. The van der Waals surface area contributed by atoms with Crippen molar-refractivity contribution in [2.45, 2.75) is 0 Å². The normalized spacial score (nSPS) is 9.31. The van der Waals surface area contributed by atoms with Gasteiger partial charge in [-0.2, -0.15) is 0 Å². The minimum absolute atomic E-state index is 0.114. The van der Waals surface area contributed by atoms with Crippen LogP contribution < -0.4 is 5.32 Å². The van der Waals surface area contributed by atoms with Crippen LogP contribution in [-0.2, 0) is 0 Å². The first-order valence-corrected chi connectivity index (χ1v) is 3.53. The summed E-state index contributed by atoms with van der Waals surface area (Å²) in [4.78, 5) is 20.8. The summed E-state index contributed by atoms with van der Waals surface area (Å²) in [5, 5.41) is 12.7. The number of carbonyl (C=O) groups is 1. The highest BCUT2D eigenvalue weighted by Crippen LogP contribution is 2.11. The maximum atomic E-state index is 11.0. The van der Waals surface area contributed by atoms with Gasteiger partial charge in [0.1, 0.15) is 0 Å². The molecule has 5 heteroatoms. The maximum absolute atomic E-state index is 11.0. The van der Waals surface area contributed by atoms with Crippen molar-refractivity contribution in [3.05, 3.63) is 39.9 Å². The summed E-state index contributed by atoms with van der Waals surface area (Å²) in [7, 11) is 1.45. The monoisotopic (exact) mass is 179 g/mol. The second-order valence-electron chi connectivity index (χ2n) is 2.30. The van der Waals surface area contributed by atoms with Gasteiger partial charge in [-0.05, 0) is 12.1 Å². The number of nitrogens with zero attached hydrogens (tertiary/aromatic N) is 1. The topological polar surface area (TPSA) is 72.2 Å². The zero-order chi connectivity index (χ0) is 9.84. The maximum Gasteiger partial charge on any atom is 0.270 e. The molecule has 1 N–H and O–H groups in total. The molecular formula is C8H7N2O3. The van der Waals surface area contributed by atoms with Crippen molar-refractivity contribution in [2.75, 3.05) is 7.05 Å². The molecule has 0 saturated heterocycles. The van der Waals surface area contributed by atoms with Crippen LogP contribution in [0, 0.1) is 16.2 Å². The van der Waals surface area contributed by atoms with Crippen LogP contribution in [0.4, 0.5) is 5.69 Å². The van der Waals surface area contributed by atoms with Crippen molar-refractivity contribution in [2.24, 2.45) is 0 Å². The van der Waals surface area contributed by atoms with Gasteiger partial charge in [0.2, 0.25) is 0 Å². The molecule has 67 valence electrons. The van der Waals surface area contributed by atoms with Crippen molar-refractivity contribution in [3.8, 4) is 0 Å². The van der Waals surface area contributed by atoms with Crippen LogP contribution in [-0.4, -0.2) is 17.9 Å². The fraction of sp³-hybridized carbons (Fsp3) is 0.125. The Labute approximate surface area is 74.5 Å². The molecule has 0 aliphatic rings. The standard InChI is InChI=1S/C8H7N2O3/c1-9-8(11)6-3-2-4-7(5-6)10(12)13/h2,4-5H,1H3,(H,9,11). The minimum atomic E-state index is -0.555. The van der Waals surface area contributed by atoms with E-state index in [1.807, 2.05) is 0 Å². The number of nitro groups is 1. The molecule has 1 rings (SSSR count). The van der Waals surface area contributed by atoms with Gasteiger partial charge in [0.05, 0.1) is 10.5 Å². The van der Waals surface area contributed by atoms with Crippen LogP contribution in [0.2, 0.25) is 0 Å². The Hall–Kier alpha value is -1.91. The fourth-order valence-corrected chi connectivity index (χ4v) is 0.834. The SMILES string of the molecule is CNC(=O)c1[c]ccc([N+](=O)[O-])c1. The van der Waals surface area contributed by atoms with Crippen LogP contribution >= 0.6 is 0 Å². The molecule has 13 heavy (non-hydrogen) atoms. The summed E-state index contributed by atoms with van der Waals surface area (Å²) in [5.41, 5.74) is 0.0500. The fourth-order valence-electron chi connectivity index (χ4n) is 0.834. The number of nitrogens with one attached hydrogen (secondary N) is 1. The van der Waals surface area contributed by atoms with Gasteiger partial charge in [0.15, 0.2) is 0 Å². The van der Waals surface area contributed by atoms with Gasteiger partial charge < -0.3 is 5.32 Å². The number of benzene rings is 1. The number of hydrogen-bond acceptors (Lipinski definition) is 3. The average molecular weight is 179 g/mol. The van der Waals surface area contributed by atoms with Gasteiger partial charge in [-0.1, -0.05) is 0 Å². The van der Waals surface area contributed by atoms with Crippen molar-refractivity contribution in [3.63, 3.8) is 0 Å². The number of non-ortho nitro benzene ring substituents is 1. The second kappa shape index (κ2) is 3.66. The van der Waals surface area contributed by atoms with Crippen LogP contribution in [0.3, 0.4) is 0 Å². The van der Waals surface area contributed by atoms with E-state index in [1.54, 1.807) is 0 Å². The Kier molecular flexibility index (Phi) is 2.59. The molecule has 0 saturated carbocycles. The van der Waals surface area contributed by atoms with Crippen LogP contribution in [0.1, 0.15) is 10.4 Å². The van der Waals surface area contributed by atoms with E-state index in [0.717, 1.165) is 0 Å². The van der Waals surface area contributed by atoms with Gasteiger partial charge in [-0.3, -0.25) is 14.9 Å². The average Bonchev–Trinajstić information content (AvgIpc) is 2.17. The van der Waals surface area contributed by atoms with Crippen molar-refractivity contribution < 1.29 is 9.72 Å². The highest BCUT2D eigenvalue weighted by atomic mass is 16.6. The molecule has 0 unspecified atom stereocenters. The molecule has 0 heterocycles. The third-order valence-electron chi connectivity index (χ3n) is 1.47. The minimum Gasteiger partial charge on any atom is -0.355 e. The summed E-state index contributed by atoms with van der Waals surface area (Å²) < 4.78 is 0. The van der Waals surface area contributed by atoms with Gasteiger partial charge in [-0.15, -0.1) is 0 Å². The van der Waals surface area contributed by atoms with Gasteiger partial charge in [0, 0.05) is 19.2 Å². The Morgan fingerprint density at radius 3 is 2.92 bits per heavy atom. The molecule has 0 bridgehead atoms. The smallest absolute Gasteiger partial charge is 0.270 e. The lowest BCUT2D eigenvalue weighted by Gasteiger charge is -1.97. The zero-order valence-corrected chi connectivity index (χ0v) is 6.90. The summed E-state index contributed by atoms with van der Waals surface area (Å²) >= 11 is 0. The molecule has 1 radical (unpaired) electrons. The Bertz CT molecular complexity index is 349. The third kappa shape index (κ3) is 2.02. The van der Waals surface area contributed by atoms with Gasteiger partial charge >= 0.3 is 0 Å². The van der Waals surface area contributed by atoms with E-state index in [1.165, 1.54) is 25.2 Å². The van der Waals surface area contributed by atoms with Crippen LogP contribution in [0.15, 0.2) is 18.2 Å². The van der Waals surface area contributed by atoms with Crippen LogP contribution in [0.25, 0.3) is 0 Å². The molecule has 5 nitrogen and oxygen atoms in total. The molecule has 0 aromatic heterocycles. The number of hydrogen-bond donors (Lipinski definition) is 1. The molecule has 0 atom stereocenters. The molecule has 0 spiro atoms. The van der Waals surface area contributed by atoms with E-state index >= 15 is 0 Å². The largest absolute Gasteiger partial charge is 0.355 e. The van der Waals surface area contributed by atoms with Crippen molar-refractivity contribution in [1.82, 2.24) is 5.32 Å².